The highest BCUT2D eigenvalue weighted by Gasteiger charge is 2.36. The molecule has 2 atom stereocenters. The van der Waals surface area contributed by atoms with Crippen molar-refractivity contribution in [3.05, 3.63) is 28.2 Å². The average molecular weight is 403 g/mol. The highest BCUT2D eigenvalue weighted by molar-refractivity contribution is 7.17. The molecule has 2 amide bonds. The van der Waals surface area contributed by atoms with Gasteiger partial charge in [0.25, 0.3) is 5.91 Å². The van der Waals surface area contributed by atoms with E-state index < -0.39 is 17.8 Å². The molecule has 1 aromatic rings. The number of aryl methyl sites for hydroxylation is 1. The fourth-order valence-corrected chi connectivity index (χ4v) is 5.93. The number of nitrogens with one attached hydrogen (secondary N) is 2. The van der Waals surface area contributed by atoms with Crippen LogP contribution in [0.4, 0.5) is 5.00 Å². The number of fused-ring (bicyclic) bond motifs is 1. The zero-order valence-electron chi connectivity index (χ0n) is 15.8. The van der Waals surface area contributed by atoms with E-state index in [-0.39, 0.29) is 17.9 Å². The van der Waals surface area contributed by atoms with E-state index >= 15 is 0 Å². The Morgan fingerprint density at radius 1 is 1.00 bits per heavy atom. The molecule has 150 valence electrons. The molecular weight excluding hydrogens is 376 g/mol. The molecule has 3 aliphatic carbocycles. The van der Waals surface area contributed by atoms with Crippen LogP contribution in [0.1, 0.15) is 65.7 Å². The lowest BCUT2D eigenvalue weighted by molar-refractivity contribution is -0.146. The van der Waals surface area contributed by atoms with Crippen LogP contribution in [0.15, 0.2) is 12.2 Å². The normalized spacial score (nSPS) is 24.1. The van der Waals surface area contributed by atoms with Crippen molar-refractivity contribution < 1.29 is 19.5 Å². The van der Waals surface area contributed by atoms with Gasteiger partial charge in [0.05, 0.1) is 17.4 Å². The van der Waals surface area contributed by atoms with Gasteiger partial charge in [-0.15, -0.1) is 11.3 Å². The molecule has 4 rings (SSSR count). The standard InChI is InChI=1S/C21H26N2O4S/c24-18(13-8-3-4-9-14(13)21(26)27)23-20-17(15-10-5-11-16(15)28-20)19(25)22-12-6-1-2-7-12/h3-4,12-14H,1-2,5-11H2,(H,22,25)(H,23,24)(H,26,27)/t13-,14+/m1/s1. The van der Waals surface area contributed by atoms with E-state index in [4.69, 9.17) is 0 Å². The van der Waals surface area contributed by atoms with Crippen LogP contribution >= 0.6 is 11.3 Å². The van der Waals surface area contributed by atoms with Crippen LogP contribution < -0.4 is 10.6 Å². The van der Waals surface area contributed by atoms with Gasteiger partial charge in [0.1, 0.15) is 5.00 Å². The van der Waals surface area contributed by atoms with Gasteiger partial charge < -0.3 is 15.7 Å². The van der Waals surface area contributed by atoms with Crippen molar-refractivity contribution in [3.8, 4) is 0 Å². The van der Waals surface area contributed by atoms with E-state index in [2.05, 4.69) is 10.6 Å². The van der Waals surface area contributed by atoms with Crippen molar-refractivity contribution >= 4 is 34.1 Å². The van der Waals surface area contributed by atoms with Gasteiger partial charge in [-0.05, 0) is 50.5 Å². The lowest BCUT2D eigenvalue weighted by Crippen LogP contribution is -2.36. The molecule has 0 aliphatic heterocycles. The smallest absolute Gasteiger partial charge is 0.307 e. The Morgan fingerprint density at radius 3 is 2.43 bits per heavy atom. The molecule has 7 heteroatoms. The summed E-state index contributed by atoms with van der Waals surface area (Å²) < 4.78 is 0. The number of allylic oxidation sites excluding steroid dienone is 2. The second kappa shape index (κ2) is 8.07. The first-order valence-electron chi connectivity index (χ1n) is 10.2. The van der Waals surface area contributed by atoms with E-state index in [1.807, 2.05) is 12.2 Å². The van der Waals surface area contributed by atoms with Gasteiger partial charge in [0, 0.05) is 10.9 Å². The summed E-state index contributed by atoms with van der Waals surface area (Å²) >= 11 is 1.48. The maximum Gasteiger partial charge on any atom is 0.307 e. The number of thiophene rings is 1. The molecule has 1 saturated carbocycles. The molecule has 28 heavy (non-hydrogen) atoms. The molecule has 3 N–H and O–H groups in total. The number of amides is 2. The summed E-state index contributed by atoms with van der Waals surface area (Å²) in [6.07, 6.45) is 11.6. The lowest BCUT2D eigenvalue weighted by atomic mass is 9.82. The molecule has 0 radical (unpaired) electrons. The number of hydrogen-bond donors (Lipinski definition) is 3. The Hall–Kier alpha value is -2.15. The van der Waals surface area contributed by atoms with E-state index in [9.17, 15) is 19.5 Å². The van der Waals surface area contributed by atoms with Gasteiger partial charge in [-0.3, -0.25) is 14.4 Å². The van der Waals surface area contributed by atoms with E-state index in [1.54, 1.807) is 0 Å². The van der Waals surface area contributed by atoms with Gasteiger partial charge in [-0.1, -0.05) is 25.0 Å². The van der Waals surface area contributed by atoms with Gasteiger partial charge in [-0.2, -0.15) is 0 Å². The first kappa shape index (κ1) is 19.2. The summed E-state index contributed by atoms with van der Waals surface area (Å²) in [7, 11) is 0. The van der Waals surface area contributed by atoms with Crippen molar-refractivity contribution in [3.63, 3.8) is 0 Å². The fourth-order valence-electron chi connectivity index (χ4n) is 4.64. The first-order valence-corrected chi connectivity index (χ1v) is 11.0. The van der Waals surface area contributed by atoms with Crippen LogP contribution in [0.2, 0.25) is 0 Å². The summed E-state index contributed by atoms with van der Waals surface area (Å²) in [4.78, 5) is 38.6. The summed E-state index contributed by atoms with van der Waals surface area (Å²) in [6.45, 7) is 0. The van der Waals surface area contributed by atoms with E-state index in [0.717, 1.165) is 50.5 Å². The zero-order valence-corrected chi connectivity index (χ0v) is 16.6. The van der Waals surface area contributed by atoms with Gasteiger partial charge in [0.2, 0.25) is 5.91 Å². The second-order valence-corrected chi connectivity index (χ2v) is 9.10. The predicted octanol–water partition coefficient (Wildman–Crippen LogP) is 3.51. The number of carboxylic acid groups (broad SMARTS) is 1. The van der Waals surface area contributed by atoms with Gasteiger partial charge in [0.15, 0.2) is 0 Å². The van der Waals surface area contributed by atoms with Crippen LogP contribution in [-0.2, 0) is 22.4 Å². The third-order valence-electron chi connectivity index (χ3n) is 6.16. The van der Waals surface area contributed by atoms with Crippen molar-refractivity contribution in [1.29, 1.82) is 0 Å². The third kappa shape index (κ3) is 3.72. The molecule has 0 saturated heterocycles. The second-order valence-electron chi connectivity index (χ2n) is 8.00. The van der Waals surface area contributed by atoms with Crippen LogP contribution in [0, 0.1) is 11.8 Å². The quantitative estimate of drug-likeness (QED) is 0.657. The van der Waals surface area contributed by atoms with Crippen molar-refractivity contribution in [2.24, 2.45) is 11.8 Å². The summed E-state index contributed by atoms with van der Waals surface area (Å²) in [5.41, 5.74) is 1.67. The molecule has 0 bridgehead atoms. The lowest BCUT2D eigenvalue weighted by Gasteiger charge is -2.24. The molecule has 0 unspecified atom stereocenters. The molecule has 6 nitrogen and oxygen atoms in total. The number of rotatable bonds is 5. The zero-order chi connectivity index (χ0) is 19.7. The summed E-state index contributed by atoms with van der Waals surface area (Å²) in [6, 6.07) is 0.216. The minimum absolute atomic E-state index is 0.0973. The van der Waals surface area contributed by atoms with E-state index in [1.165, 1.54) is 16.2 Å². The highest BCUT2D eigenvalue weighted by Crippen LogP contribution is 2.40. The van der Waals surface area contributed by atoms with E-state index in [0.29, 0.717) is 23.4 Å². The number of hydrogen-bond acceptors (Lipinski definition) is 4. The summed E-state index contributed by atoms with van der Waals surface area (Å²) in [5, 5.41) is 16.1. The highest BCUT2D eigenvalue weighted by atomic mass is 32.1. The Balaban J connectivity index is 1.55. The molecule has 1 heterocycles. The number of carbonyl (C=O) groups excluding carboxylic acids is 2. The number of carbonyl (C=O) groups is 3. The molecule has 0 aromatic carbocycles. The Kier molecular flexibility index (Phi) is 5.53. The molecule has 1 fully saturated rings. The minimum atomic E-state index is -0.947. The molecule has 1 aromatic heterocycles. The van der Waals surface area contributed by atoms with Crippen molar-refractivity contribution in [1.82, 2.24) is 5.32 Å². The minimum Gasteiger partial charge on any atom is -0.481 e. The predicted molar refractivity (Wildman–Crippen MR) is 108 cm³/mol. The maximum absolute atomic E-state index is 13.0. The Morgan fingerprint density at radius 2 is 1.71 bits per heavy atom. The largest absolute Gasteiger partial charge is 0.481 e. The topological polar surface area (TPSA) is 95.5 Å². The van der Waals surface area contributed by atoms with Crippen LogP contribution in [0.3, 0.4) is 0 Å². The SMILES string of the molecule is O=C(NC1CCCC1)c1c(NC(=O)[C@@H]2CC=CC[C@@H]2C(=O)O)sc2c1CCC2. The van der Waals surface area contributed by atoms with Crippen LogP contribution in [0.25, 0.3) is 0 Å². The Labute approximate surface area is 168 Å². The van der Waals surface area contributed by atoms with Gasteiger partial charge in [-0.25, -0.2) is 0 Å². The van der Waals surface area contributed by atoms with Crippen molar-refractivity contribution in [2.45, 2.75) is 63.8 Å². The third-order valence-corrected chi connectivity index (χ3v) is 7.37. The molecule has 3 aliphatic rings. The average Bonchev–Trinajstić information content (AvgIpc) is 3.39. The number of anilines is 1. The number of aliphatic carboxylic acids is 1. The Bertz CT molecular complexity index is 823. The maximum atomic E-state index is 13.0. The monoisotopic (exact) mass is 402 g/mol. The van der Waals surface area contributed by atoms with Gasteiger partial charge >= 0.3 is 5.97 Å². The van der Waals surface area contributed by atoms with Crippen LogP contribution in [0.5, 0.6) is 0 Å². The van der Waals surface area contributed by atoms with Crippen LogP contribution in [-0.4, -0.2) is 28.9 Å². The fraction of sp³-hybridized carbons (Fsp3) is 0.571. The first-order chi connectivity index (χ1) is 13.5. The molecular formula is C21H26N2O4S. The number of carboxylic acids is 1. The van der Waals surface area contributed by atoms with Crippen molar-refractivity contribution in [2.75, 3.05) is 5.32 Å². The molecule has 0 spiro atoms. The summed E-state index contributed by atoms with van der Waals surface area (Å²) in [5.74, 6) is -2.67.